The van der Waals surface area contributed by atoms with Gasteiger partial charge < -0.3 is 15.4 Å². The Hall–Kier alpha value is -2.04. The van der Waals surface area contributed by atoms with Crippen molar-refractivity contribution in [1.29, 1.82) is 0 Å². The highest BCUT2D eigenvalue weighted by atomic mass is 16.5. The number of aryl methyl sites for hydroxylation is 1. The number of carbonyl (C=O) groups is 2. The lowest BCUT2D eigenvalue weighted by Gasteiger charge is -2.18. The molecule has 18 heavy (non-hydrogen) atoms. The van der Waals surface area contributed by atoms with Crippen LogP contribution in [0.3, 0.4) is 0 Å². The van der Waals surface area contributed by atoms with E-state index in [0.717, 1.165) is 11.3 Å². The van der Waals surface area contributed by atoms with Gasteiger partial charge in [-0.25, -0.2) is 4.79 Å². The van der Waals surface area contributed by atoms with Crippen LogP contribution in [-0.4, -0.2) is 24.6 Å². The molecule has 5 heteroatoms. The molecule has 0 heterocycles. The molecule has 5 nitrogen and oxygen atoms in total. The lowest BCUT2D eigenvalue weighted by molar-refractivity contribution is -0.146. The van der Waals surface area contributed by atoms with Crippen molar-refractivity contribution < 1.29 is 14.3 Å². The second-order valence-electron chi connectivity index (χ2n) is 3.90. The second kappa shape index (κ2) is 6.64. The molecule has 0 aliphatic heterocycles. The summed E-state index contributed by atoms with van der Waals surface area (Å²) in [6.45, 7) is 5.31. The minimum Gasteiger partial charge on any atom is -0.463 e. The van der Waals surface area contributed by atoms with Crippen LogP contribution in [-0.2, 0) is 14.3 Å². The first-order valence-corrected chi connectivity index (χ1v) is 5.80. The van der Waals surface area contributed by atoms with Gasteiger partial charge >= 0.3 is 5.97 Å². The van der Waals surface area contributed by atoms with Gasteiger partial charge in [-0.15, -0.1) is 0 Å². The summed E-state index contributed by atoms with van der Waals surface area (Å²) in [5, 5.41) is 5.42. The number of esters is 1. The first-order chi connectivity index (χ1) is 8.52. The van der Waals surface area contributed by atoms with E-state index in [1.807, 2.05) is 31.2 Å². The summed E-state index contributed by atoms with van der Waals surface area (Å²) in [5.41, 5.74) is 1.86. The van der Waals surface area contributed by atoms with Gasteiger partial charge in [0.2, 0.25) is 5.91 Å². The normalized spacial score (nSPS) is 11.5. The summed E-state index contributed by atoms with van der Waals surface area (Å²) in [6, 6.07) is 7.50. The van der Waals surface area contributed by atoms with E-state index in [1.165, 1.54) is 6.92 Å². The fraction of sp³-hybridized carbons (Fsp3) is 0.385. The van der Waals surface area contributed by atoms with Gasteiger partial charge in [-0.05, 0) is 26.0 Å². The van der Waals surface area contributed by atoms with Gasteiger partial charge in [0.1, 0.15) is 0 Å². The fourth-order valence-corrected chi connectivity index (χ4v) is 1.40. The number of anilines is 1. The van der Waals surface area contributed by atoms with E-state index >= 15 is 0 Å². The molecule has 1 aromatic carbocycles. The van der Waals surface area contributed by atoms with Gasteiger partial charge in [0, 0.05) is 12.6 Å². The molecule has 0 bridgehead atoms. The average molecular weight is 250 g/mol. The van der Waals surface area contributed by atoms with Gasteiger partial charge in [0.15, 0.2) is 6.17 Å². The maximum Gasteiger partial charge on any atom is 0.349 e. The predicted octanol–water partition coefficient (Wildman–Crippen LogP) is 1.43. The monoisotopic (exact) mass is 250 g/mol. The van der Waals surface area contributed by atoms with Crippen molar-refractivity contribution in [3.63, 3.8) is 0 Å². The molecule has 1 unspecified atom stereocenters. The second-order valence-corrected chi connectivity index (χ2v) is 3.90. The smallest absolute Gasteiger partial charge is 0.349 e. The molecule has 2 N–H and O–H groups in total. The highest BCUT2D eigenvalue weighted by molar-refractivity contribution is 5.85. The maximum atomic E-state index is 11.7. The SMILES string of the molecule is CCOC(=O)C(NC(C)=O)Nc1ccc(C)cc1. The van der Waals surface area contributed by atoms with Gasteiger partial charge in [-0.2, -0.15) is 0 Å². The van der Waals surface area contributed by atoms with E-state index in [2.05, 4.69) is 10.6 Å². The lowest BCUT2D eigenvalue weighted by atomic mass is 10.2. The van der Waals surface area contributed by atoms with Crippen LogP contribution in [0.2, 0.25) is 0 Å². The molecular formula is C13H18N2O3. The van der Waals surface area contributed by atoms with Crippen LogP contribution in [0.1, 0.15) is 19.4 Å². The molecule has 1 rings (SSSR count). The van der Waals surface area contributed by atoms with E-state index in [1.54, 1.807) is 6.92 Å². The third-order valence-electron chi connectivity index (χ3n) is 2.23. The number of benzene rings is 1. The number of amides is 1. The molecule has 0 fully saturated rings. The van der Waals surface area contributed by atoms with Crippen molar-refractivity contribution in [3.05, 3.63) is 29.8 Å². The summed E-state index contributed by atoms with van der Waals surface area (Å²) in [4.78, 5) is 22.7. The Balaban J connectivity index is 2.74. The molecule has 0 saturated heterocycles. The maximum absolute atomic E-state index is 11.7. The molecule has 0 aliphatic carbocycles. The Morgan fingerprint density at radius 1 is 1.28 bits per heavy atom. The minimum absolute atomic E-state index is 0.268. The van der Waals surface area contributed by atoms with Crippen molar-refractivity contribution in [2.45, 2.75) is 26.9 Å². The first kappa shape index (κ1) is 14.0. The molecule has 0 saturated carbocycles. The highest BCUT2D eigenvalue weighted by Crippen LogP contribution is 2.09. The van der Waals surface area contributed by atoms with Crippen LogP contribution >= 0.6 is 0 Å². The zero-order chi connectivity index (χ0) is 13.5. The Morgan fingerprint density at radius 2 is 1.89 bits per heavy atom. The van der Waals surface area contributed by atoms with E-state index in [-0.39, 0.29) is 12.5 Å². The van der Waals surface area contributed by atoms with Crippen molar-refractivity contribution in [2.75, 3.05) is 11.9 Å². The first-order valence-electron chi connectivity index (χ1n) is 5.80. The van der Waals surface area contributed by atoms with Crippen molar-refractivity contribution in [2.24, 2.45) is 0 Å². The van der Waals surface area contributed by atoms with E-state index in [0.29, 0.717) is 0 Å². The summed E-state index contributed by atoms with van der Waals surface area (Å²) in [7, 11) is 0. The summed E-state index contributed by atoms with van der Waals surface area (Å²) >= 11 is 0. The third-order valence-corrected chi connectivity index (χ3v) is 2.23. The van der Waals surface area contributed by atoms with Crippen molar-refractivity contribution in [3.8, 4) is 0 Å². The topological polar surface area (TPSA) is 67.4 Å². The molecule has 0 aromatic heterocycles. The summed E-state index contributed by atoms with van der Waals surface area (Å²) in [6.07, 6.45) is -0.870. The number of ether oxygens (including phenoxy) is 1. The van der Waals surface area contributed by atoms with E-state index in [9.17, 15) is 9.59 Å². The Labute approximate surface area is 107 Å². The number of nitrogens with one attached hydrogen (secondary N) is 2. The molecule has 1 atom stereocenters. The van der Waals surface area contributed by atoms with Crippen LogP contribution in [0.15, 0.2) is 24.3 Å². The summed E-state index contributed by atoms with van der Waals surface area (Å²) < 4.78 is 4.88. The lowest BCUT2D eigenvalue weighted by Crippen LogP contribution is -2.46. The van der Waals surface area contributed by atoms with E-state index < -0.39 is 12.1 Å². The molecule has 98 valence electrons. The molecule has 0 aliphatic rings. The highest BCUT2D eigenvalue weighted by Gasteiger charge is 2.20. The van der Waals surface area contributed by atoms with Crippen molar-refractivity contribution >= 4 is 17.6 Å². The molecular weight excluding hydrogens is 232 g/mol. The largest absolute Gasteiger partial charge is 0.463 e. The Kier molecular flexibility index (Phi) is 5.17. The van der Waals surface area contributed by atoms with Crippen LogP contribution in [0.25, 0.3) is 0 Å². The Morgan fingerprint density at radius 3 is 2.39 bits per heavy atom. The zero-order valence-corrected chi connectivity index (χ0v) is 10.8. The Bertz CT molecular complexity index is 415. The number of carbonyl (C=O) groups excluding carboxylic acids is 2. The fourth-order valence-electron chi connectivity index (χ4n) is 1.40. The van der Waals surface area contributed by atoms with Gasteiger partial charge in [0.25, 0.3) is 0 Å². The van der Waals surface area contributed by atoms with E-state index in [4.69, 9.17) is 4.74 Å². The number of rotatable bonds is 5. The summed E-state index contributed by atoms with van der Waals surface area (Å²) in [5.74, 6) is -0.805. The standard InChI is InChI=1S/C13H18N2O3/c1-4-18-13(17)12(14-10(3)16)15-11-7-5-9(2)6-8-11/h5-8,12,15H,4H2,1-3H3,(H,14,16). The third kappa shape index (κ3) is 4.45. The molecule has 0 radical (unpaired) electrons. The van der Waals surface area contributed by atoms with Gasteiger partial charge in [0.05, 0.1) is 6.61 Å². The van der Waals surface area contributed by atoms with Crippen LogP contribution < -0.4 is 10.6 Å². The zero-order valence-electron chi connectivity index (χ0n) is 10.8. The van der Waals surface area contributed by atoms with Gasteiger partial charge in [-0.1, -0.05) is 17.7 Å². The molecule has 1 amide bonds. The van der Waals surface area contributed by atoms with Gasteiger partial charge in [-0.3, -0.25) is 4.79 Å². The number of hydrogen-bond acceptors (Lipinski definition) is 4. The average Bonchev–Trinajstić information content (AvgIpc) is 2.31. The number of hydrogen-bond donors (Lipinski definition) is 2. The minimum atomic E-state index is -0.870. The predicted molar refractivity (Wildman–Crippen MR) is 69.0 cm³/mol. The van der Waals surface area contributed by atoms with Crippen LogP contribution in [0.4, 0.5) is 5.69 Å². The van der Waals surface area contributed by atoms with Crippen molar-refractivity contribution in [1.82, 2.24) is 5.32 Å². The quantitative estimate of drug-likeness (QED) is 0.613. The molecule has 1 aromatic rings. The van der Waals surface area contributed by atoms with Crippen LogP contribution in [0, 0.1) is 6.92 Å². The van der Waals surface area contributed by atoms with Crippen LogP contribution in [0.5, 0.6) is 0 Å². The molecule has 0 spiro atoms.